The maximum Gasteiger partial charge on any atom is 0.335 e. The zero-order valence-electron chi connectivity index (χ0n) is 29.5. The number of hydrogen-bond acceptors (Lipinski definition) is 8. The topological polar surface area (TPSA) is 114 Å². The van der Waals surface area contributed by atoms with Crippen molar-refractivity contribution in [3.05, 3.63) is 94.8 Å². The summed E-state index contributed by atoms with van der Waals surface area (Å²) in [6, 6.07) is 19.0. The Balaban J connectivity index is 0.00000255. The molecule has 0 saturated carbocycles. The molecule has 0 saturated heterocycles. The number of carbonyl (C=O) groups is 1. The molecule has 5 aromatic rings. The number of fused-ring (bicyclic) bond motifs is 1. The van der Waals surface area contributed by atoms with Crippen molar-refractivity contribution in [1.29, 1.82) is 0 Å². The second-order valence-corrected chi connectivity index (χ2v) is 13.8. The minimum atomic E-state index is -0.976. The molecule has 0 fully saturated rings. The van der Waals surface area contributed by atoms with Crippen molar-refractivity contribution in [2.24, 2.45) is 12.5 Å². The summed E-state index contributed by atoms with van der Waals surface area (Å²) in [5, 5.41) is 14.3. The summed E-state index contributed by atoms with van der Waals surface area (Å²) >= 11 is 1.25. The van der Waals surface area contributed by atoms with E-state index in [0.29, 0.717) is 25.0 Å². The molecule has 1 atom stereocenters. The molecule has 3 heterocycles. The molecule has 5 rings (SSSR count). The van der Waals surface area contributed by atoms with Gasteiger partial charge in [0.2, 0.25) is 11.8 Å². The standard InChI is InChI=1S/C36H42N6O3S.C2H6/c1-22-10-8-11-23(2)32(22)30-17-31(40-35(39-30)41-46-28-13-9-12-25(16-28)34(43)44)45-21-27(18-36(4,5)6)37-19-26-14-15-29-24(3)20-42(7)33(29)38-26;1-2/h8-17,20,27,37H,18-19,21H2,1-7H3,(H,43,44)(H,39,40,41);1-2H3. The van der Waals surface area contributed by atoms with E-state index >= 15 is 0 Å². The van der Waals surface area contributed by atoms with Crippen LogP contribution in [0.2, 0.25) is 0 Å². The van der Waals surface area contributed by atoms with Gasteiger partial charge in [-0.25, -0.2) is 14.8 Å². The zero-order chi connectivity index (χ0) is 35.0. The molecule has 0 amide bonds. The number of aromatic nitrogens is 4. The van der Waals surface area contributed by atoms with Gasteiger partial charge in [0.25, 0.3) is 0 Å². The summed E-state index contributed by atoms with van der Waals surface area (Å²) in [5.41, 5.74) is 7.43. The molecule has 3 aromatic heterocycles. The lowest BCUT2D eigenvalue weighted by atomic mass is 9.88. The van der Waals surface area contributed by atoms with Crippen LogP contribution in [0.15, 0.2) is 71.8 Å². The maximum atomic E-state index is 11.5. The Labute approximate surface area is 288 Å². The number of ether oxygens (including phenoxy) is 1. The molecule has 1 unspecified atom stereocenters. The average Bonchev–Trinajstić information content (AvgIpc) is 3.33. The second-order valence-electron chi connectivity index (χ2n) is 13.0. The molecule has 0 aliphatic carbocycles. The highest BCUT2D eigenvalue weighted by atomic mass is 32.2. The fraction of sp³-hybridized carbons (Fsp3) is 0.368. The van der Waals surface area contributed by atoms with Gasteiger partial charge in [-0.1, -0.05) is 58.9 Å². The Kier molecular flexibility index (Phi) is 12.2. The van der Waals surface area contributed by atoms with E-state index < -0.39 is 5.97 Å². The van der Waals surface area contributed by atoms with E-state index in [4.69, 9.17) is 19.7 Å². The molecule has 0 aliphatic rings. The van der Waals surface area contributed by atoms with Gasteiger partial charge in [0.1, 0.15) is 12.3 Å². The quantitative estimate of drug-likeness (QED) is 0.112. The highest BCUT2D eigenvalue weighted by Gasteiger charge is 2.21. The lowest BCUT2D eigenvalue weighted by Crippen LogP contribution is -2.37. The highest BCUT2D eigenvalue weighted by Crippen LogP contribution is 2.31. The number of carboxylic acid groups (broad SMARTS) is 1. The Bertz CT molecular complexity index is 1840. The van der Waals surface area contributed by atoms with Crippen molar-refractivity contribution in [2.75, 3.05) is 11.3 Å². The number of rotatable bonds is 12. The van der Waals surface area contributed by atoms with Crippen molar-refractivity contribution in [3.63, 3.8) is 0 Å². The second kappa shape index (κ2) is 16.1. The van der Waals surface area contributed by atoms with Crippen molar-refractivity contribution >= 4 is 34.9 Å². The van der Waals surface area contributed by atoms with Gasteiger partial charge >= 0.3 is 5.97 Å². The molecule has 0 spiro atoms. The summed E-state index contributed by atoms with van der Waals surface area (Å²) in [5.74, 6) is -0.151. The average molecular weight is 669 g/mol. The number of nitrogens with one attached hydrogen (secondary N) is 2. The fourth-order valence-corrected chi connectivity index (χ4v) is 6.27. The first-order valence-electron chi connectivity index (χ1n) is 16.4. The molecule has 9 nitrogen and oxygen atoms in total. The third kappa shape index (κ3) is 9.58. The number of benzene rings is 2. The third-order valence-corrected chi connectivity index (χ3v) is 8.50. The van der Waals surface area contributed by atoms with Crippen molar-refractivity contribution in [2.45, 2.75) is 79.3 Å². The Morgan fingerprint density at radius 1 is 0.958 bits per heavy atom. The molecule has 2 aromatic carbocycles. The van der Waals surface area contributed by atoms with Crippen LogP contribution in [0.3, 0.4) is 0 Å². The predicted octanol–water partition coefficient (Wildman–Crippen LogP) is 8.77. The van der Waals surface area contributed by atoms with Gasteiger partial charge in [-0.3, -0.25) is 4.72 Å². The monoisotopic (exact) mass is 668 g/mol. The first-order valence-corrected chi connectivity index (χ1v) is 17.2. The van der Waals surface area contributed by atoms with Gasteiger partial charge in [0, 0.05) is 47.7 Å². The molecule has 0 bridgehead atoms. The number of pyridine rings is 1. The van der Waals surface area contributed by atoms with Crippen molar-refractivity contribution in [3.8, 4) is 17.1 Å². The number of nitrogens with zero attached hydrogens (tertiary/aromatic N) is 4. The van der Waals surface area contributed by atoms with Gasteiger partial charge < -0.3 is 19.7 Å². The van der Waals surface area contributed by atoms with E-state index in [2.05, 4.69) is 86.6 Å². The van der Waals surface area contributed by atoms with Gasteiger partial charge in [0.15, 0.2) is 0 Å². The number of aromatic carboxylic acids is 1. The molecule has 48 heavy (non-hydrogen) atoms. The highest BCUT2D eigenvalue weighted by molar-refractivity contribution is 8.00. The maximum absolute atomic E-state index is 11.5. The summed E-state index contributed by atoms with van der Waals surface area (Å²) in [6.45, 7) is 17.9. The molecular formula is C38H48N6O3S. The van der Waals surface area contributed by atoms with Gasteiger partial charge in [-0.15, -0.1) is 0 Å². The number of hydrogen-bond donors (Lipinski definition) is 3. The molecular weight excluding hydrogens is 621 g/mol. The minimum Gasteiger partial charge on any atom is -0.478 e. The van der Waals surface area contributed by atoms with Crippen molar-refractivity contribution < 1.29 is 14.6 Å². The summed E-state index contributed by atoms with van der Waals surface area (Å²) < 4.78 is 11.7. The van der Waals surface area contributed by atoms with E-state index in [-0.39, 0.29) is 17.0 Å². The summed E-state index contributed by atoms with van der Waals surface area (Å²) in [4.78, 5) is 26.6. The largest absolute Gasteiger partial charge is 0.478 e. The van der Waals surface area contributed by atoms with Crippen LogP contribution in [0.4, 0.5) is 5.95 Å². The van der Waals surface area contributed by atoms with E-state index in [1.807, 2.05) is 39.1 Å². The van der Waals surface area contributed by atoms with E-state index in [1.165, 1.54) is 22.9 Å². The number of aryl methyl sites for hydroxylation is 4. The van der Waals surface area contributed by atoms with Crippen LogP contribution in [0, 0.1) is 26.2 Å². The molecule has 3 N–H and O–H groups in total. The lowest BCUT2D eigenvalue weighted by Gasteiger charge is -2.27. The molecule has 0 radical (unpaired) electrons. The molecule has 0 aliphatic heterocycles. The Morgan fingerprint density at radius 3 is 2.35 bits per heavy atom. The summed E-state index contributed by atoms with van der Waals surface area (Å²) in [6.07, 6.45) is 2.99. The lowest BCUT2D eigenvalue weighted by molar-refractivity contribution is 0.0696. The van der Waals surface area contributed by atoms with Crippen molar-refractivity contribution in [1.82, 2.24) is 24.8 Å². The predicted molar refractivity (Wildman–Crippen MR) is 197 cm³/mol. The first kappa shape index (κ1) is 36.4. The summed E-state index contributed by atoms with van der Waals surface area (Å²) in [7, 11) is 2.03. The van der Waals surface area contributed by atoms with Gasteiger partial charge in [0.05, 0.1) is 17.0 Å². The number of carboxylic acids is 1. The zero-order valence-corrected chi connectivity index (χ0v) is 30.3. The first-order chi connectivity index (χ1) is 22.9. The number of anilines is 1. The molecule has 254 valence electrons. The van der Waals surface area contributed by atoms with Crippen LogP contribution in [0.5, 0.6) is 5.88 Å². The fourth-order valence-electron chi connectivity index (χ4n) is 5.64. The van der Waals surface area contributed by atoms with Gasteiger partial charge in [-0.05, 0) is 91.6 Å². The van der Waals surface area contributed by atoms with Crippen LogP contribution in [-0.4, -0.2) is 43.2 Å². The Morgan fingerprint density at radius 2 is 1.67 bits per heavy atom. The van der Waals surface area contributed by atoms with Crippen LogP contribution in [-0.2, 0) is 13.6 Å². The van der Waals surface area contributed by atoms with Crippen LogP contribution >= 0.6 is 11.9 Å². The smallest absolute Gasteiger partial charge is 0.335 e. The molecule has 10 heteroatoms. The van der Waals surface area contributed by atoms with E-state index in [9.17, 15) is 9.90 Å². The minimum absolute atomic E-state index is 0.0378. The van der Waals surface area contributed by atoms with Crippen LogP contribution in [0.25, 0.3) is 22.3 Å². The van der Waals surface area contributed by atoms with Gasteiger partial charge in [-0.2, -0.15) is 4.98 Å². The van der Waals surface area contributed by atoms with Crippen LogP contribution < -0.4 is 14.8 Å². The third-order valence-electron chi connectivity index (χ3n) is 7.72. The normalized spacial score (nSPS) is 11.9. The Hall–Kier alpha value is -4.41. The van der Waals surface area contributed by atoms with E-state index in [1.54, 1.807) is 18.2 Å². The van der Waals surface area contributed by atoms with Crippen LogP contribution in [0.1, 0.15) is 73.8 Å². The SMILES string of the molecule is CC.Cc1cccc(C)c1-c1cc(OCC(CC(C)(C)C)NCc2ccc3c(C)cn(C)c3n2)nc(NSc2cccc(C(=O)O)c2)n1. The van der Waals surface area contributed by atoms with E-state index in [0.717, 1.165) is 45.0 Å².